The zero-order chi connectivity index (χ0) is 15.3. The van der Waals surface area contributed by atoms with Gasteiger partial charge >= 0.3 is 12.0 Å². The molecule has 0 saturated heterocycles. The summed E-state index contributed by atoms with van der Waals surface area (Å²) in [6, 6.07) is 4.56. The monoisotopic (exact) mass is 276 g/mol. The number of hydrogen-bond donors (Lipinski definition) is 2. The van der Waals surface area contributed by atoms with Crippen LogP contribution in [-0.2, 0) is 0 Å². The summed E-state index contributed by atoms with van der Waals surface area (Å²) in [7, 11) is 0. The molecule has 5 nitrogen and oxygen atoms in total. The molecule has 0 aliphatic rings. The number of aromatic carboxylic acids is 1. The molecule has 0 spiro atoms. The van der Waals surface area contributed by atoms with Gasteiger partial charge in [-0.2, -0.15) is 0 Å². The lowest BCUT2D eigenvalue weighted by Crippen LogP contribution is -2.35. The molecule has 0 atom stereocenters. The molecule has 0 unspecified atom stereocenters. The fraction of sp³-hybridized carbons (Fsp3) is 0.333. The van der Waals surface area contributed by atoms with Gasteiger partial charge in [-0.05, 0) is 38.5 Å². The number of carbonyl (C=O) groups excluding carboxylic acids is 1. The predicted octanol–water partition coefficient (Wildman–Crippen LogP) is 3.12. The highest BCUT2D eigenvalue weighted by molar-refractivity contribution is 5.94. The Bertz CT molecular complexity index is 538. The Morgan fingerprint density at radius 3 is 2.55 bits per heavy atom. The molecule has 0 fully saturated rings. The number of aryl methyl sites for hydroxylation is 1. The molecule has 108 valence electrons. The van der Waals surface area contributed by atoms with Crippen molar-refractivity contribution in [2.24, 2.45) is 0 Å². The van der Waals surface area contributed by atoms with Crippen molar-refractivity contribution in [3.8, 4) is 0 Å². The molecule has 0 heterocycles. The third-order valence-corrected chi connectivity index (χ3v) is 2.85. The largest absolute Gasteiger partial charge is 0.478 e. The van der Waals surface area contributed by atoms with Gasteiger partial charge in [0, 0.05) is 18.8 Å². The van der Waals surface area contributed by atoms with E-state index in [1.807, 2.05) is 13.8 Å². The highest BCUT2D eigenvalue weighted by Gasteiger charge is 2.13. The fourth-order valence-corrected chi connectivity index (χ4v) is 1.79. The summed E-state index contributed by atoms with van der Waals surface area (Å²) in [5.41, 5.74) is 2.20. The van der Waals surface area contributed by atoms with Crippen LogP contribution in [0.2, 0.25) is 0 Å². The average molecular weight is 276 g/mol. The van der Waals surface area contributed by atoms with Crippen LogP contribution in [0.1, 0.15) is 29.8 Å². The van der Waals surface area contributed by atoms with Gasteiger partial charge in [-0.3, -0.25) is 0 Å². The Morgan fingerprint density at radius 2 is 2.05 bits per heavy atom. The van der Waals surface area contributed by atoms with E-state index in [1.165, 1.54) is 6.07 Å². The van der Waals surface area contributed by atoms with E-state index in [2.05, 4.69) is 11.9 Å². The molecular formula is C15H20N2O3. The Hall–Kier alpha value is -2.30. The Labute approximate surface area is 118 Å². The fourth-order valence-electron chi connectivity index (χ4n) is 1.79. The van der Waals surface area contributed by atoms with E-state index in [-0.39, 0.29) is 11.6 Å². The number of urea groups is 1. The van der Waals surface area contributed by atoms with E-state index in [1.54, 1.807) is 24.0 Å². The molecule has 2 amide bonds. The molecule has 0 bridgehead atoms. The van der Waals surface area contributed by atoms with Crippen molar-refractivity contribution in [1.29, 1.82) is 0 Å². The molecule has 0 aromatic heterocycles. The summed E-state index contributed by atoms with van der Waals surface area (Å²) in [6.07, 6.45) is 0. The molecule has 0 aliphatic carbocycles. The predicted molar refractivity (Wildman–Crippen MR) is 79.2 cm³/mol. The molecule has 2 N–H and O–H groups in total. The average Bonchev–Trinajstić information content (AvgIpc) is 2.37. The maximum absolute atomic E-state index is 12.1. The third kappa shape index (κ3) is 4.12. The topological polar surface area (TPSA) is 69.6 Å². The van der Waals surface area contributed by atoms with Crippen molar-refractivity contribution in [1.82, 2.24) is 4.90 Å². The van der Waals surface area contributed by atoms with Crippen molar-refractivity contribution in [2.45, 2.75) is 20.8 Å². The van der Waals surface area contributed by atoms with Crippen LogP contribution in [0.25, 0.3) is 0 Å². The molecule has 0 aliphatic heterocycles. The van der Waals surface area contributed by atoms with Gasteiger partial charge in [0.25, 0.3) is 0 Å². The number of anilines is 1. The van der Waals surface area contributed by atoms with Gasteiger partial charge in [0.2, 0.25) is 0 Å². The van der Waals surface area contributed by atoms with Crippen LogP contribution in [0.5, 0.6) is 0 Å². The van der Waals surface area contributed by atoms with E-state index in [0.29, 0.717) is 24.3 Å². The lowest BCUT2D eigenvalue weighted by molar-refractivity contribution is 0.0696. The van der Waals surface area contributed by atoms with Crippen LogP contribution in [0, 0.1) is 6.92 Å². The number of amides is 2. The molecular weight excluding hydrogens is 256 g/mol. The van der Waals surface area contributed by atoms with Gasteiger partial charge in [-0.1, -0.05) is 18.2 Å². The van der Waals surface area contributed by atoms with Crippen molar-refractivity contribution in [3.05, 3.63) is 41.5 Å². The molecule has 1 rings (SSSR count). The summed E-state index contributed by atoms with van der Waals surface area (Å²) in [4.78, 5) is 24.7. The smallest absolute Gasteiger partial charge is 0.336 e. The number of carboxylic acid groups (broad SMARTS) is 1. The Kier molecular flexibility index (Phi) is 5.32. The van der Waals surface area contributed by atoms with E-state index in [9.17, 15) is 9.59 Å². The lowest BCUT2D eigenvalue weighted by atomic mass is 10.1. The number of carbonyl (C=O) groups is 2. The van der Waals surface area contributed by atoms with Crippen molar-refractivity contribution in [3.63, 3.8) is 0 Å². The van der Waals surface area contributed by atoms with Gasteiger partial charge in [-0.15, -0.1) is 0 Å². The van der Waals surface area contributed by atoms with E-state index < -0.39 is 5.97 Å². The summed E-state index contributed by atoms with van der Waals surface area (Å²) in [6.45, 7) is 10.2. The van der Waals surface area contributed by atoms with Crippen LogP contribution in [0.3, 0.4) is 0 Å². The summed E-state index contributed by atoms with van der Waals surface area (Å²) >= 11 is 0. The van der Waals surface area contributed by atoms with Crippen molar-refractivity contribution >= 4 is 17.7 Å². The van der Waals surface area contributed by atoms with E-state index in [0.717, 1.165) is 5.57 Å². The first-order valence-electron chi connectivity index (χ1n) is 6.39. The second kappa shape index (κ2) is 6.75. The molecule has 0 saturated carbocycles. The van der Waals surface area contributed by atoms with Gasteiger partial charge < -0.3 is 15.3 Å². The summed E-state index contributed by atoms with van der Waals surface area (Å²) in [5.74, 6) is -1.01. The van der Waals surface area contributed by atoms with Crippen molar-refractivity contribution < 1.29 is 14.7 Å². The number of likely N-dealkylation sites (N-methyl/N-ethyl adjacent to an activating group) is 1. The van der Waals surface area contributed by atoms with E-state index in [4.69, 9.17) is 5.11 Å². The Morgan fingerprint density at radius 1 is 1.40 bits per heavy atom. The minimum Gasteiger partial charge on any atom is -0.478 e. The van der Waals surface area contributed by atoms with Crippen LogP contribution in [0.4, 0.5) is 10.5 Å². The van der Waals surface area contributed by atoms with Gasteiger partial charge in [0.15, 0.2) is 0 Å². The lowest BCUT2D eigenvalue weighted by Gasteiger charge is -2.21. The maximum atomic E-state index is 12.1. The molecule has 1 aromatic carbocycles. The minimum atomic E-state index is -1.01. The van der Waals surface area contributed by atoms with Crippen LogP contribution >= 0.6 is 0 Å². The first kappa shape index (κ1) is 15.8. The first-order valence-corrected chi connectivity index (χ1v) is 6.39. The highest BCUT2D eigenvalue weighted by atomic mass is 16.4. The van der Waals surface area contributed by atoms with Crippen molar-refractivity contribution in [2.75, 3.05) is 18.4 Å². The van der Waals surface area contributed by atoms with Crippen LogP contribution < -0.4 is 5.32 Å². The summed E-state index contributed by atoms with van der Waals surface area (Å²) in [5, 5.41) is 11.8. The number of nitrogens with one attached hydrogen (secondary N) is 1. The number of hydrogen-bond acceptors (Lipinski definition) is 2. The summed E-state index contributed by atoms with van der Waals surface area (Å²) < 4.78 is 0. The standard InChI is InChI=1S/C15H20N2O3/c1-5-17(9-10(2)3)15(20)16-12-7-6-11(4)13(8-12)14(18)19/h6-8H,2,5,9H2,1,3-4H3,(H,16,20)(H,18,19). The highest BCUT2D eigenvalue weighted by Crippen LogP contribution is 2.16. The van der Waals surface area contributed by atoms with Gasteiger partial charge in [-0.25, -0.2) is 9.59 Å². The molecule has 20 heavy (non-hydrogen) atoms. The number of carboxylic acids is 1. The second-order valence-electron chi connectivity index (χ2n) is 4.74. The zero-order valence-electron chi connectivity index (χ0n) is 12.1. The van der Waals surface area contributed by atoms with E-state index >= 15 is 0 Å². The first-order chi connectivity index (χ1) is 9.35. The molecule has 0 radical (unpaired) electrons. The zero-order valence-corrected chi connectivity index (χ0v) is 12.1. The minimum absolute atomic E-state index is 0.186. The van der Waals surface area contributed by atoms with Gasteiger partial charge in [0.1, 0.15) is 0 Å². The van der Waals surface area contributed by atoms with Crippen LogP contribution in [0.15, 0.2) is 30.4 Å². The number of rotatable bonds is 5. The Balaban J connectivity index is 2.87. The van der Waals surface area contributed by atoms with Crippen LogP contribution in [-0.4, -0.2) is 35.1 Å². The normalized spacial score (nSPS) is 9.95. The second-order valence-corrected chi connectivity index (χ2v) is 4.74. The third-order valence-electron chi connectivity index (χ3n) is 2.85. The number of benzene rings is 1. The maximum Gasteiger partial charge on any atom is 0.336 e. The molecule has 1 aromatic rings. The number of nitrogens with zero attached hydrogens (tertiary/aromatic N) is 1. The molecule has 5 heteroatoms. The SMILES string of the molecule is C=C(C)CN(CC)C(=O)Nc1ccc(C)c(C(=O)O)c1. The quantitative estimate of drug-likeness (QED) is 0.812. The van der Waals surface area contributed by atoms with Gasteiger partial charge in [0.05, 0.1) is 5.56 Å².